The van der Waals surface area contributed by atoms with Gasteiger partial charge in [0.15, 0.2) is 0 Å². The van der Waals surface area contributed by atoms with Crippen LogP contribution in [0.25, 0.3) is 0 Å². The number of anilines is 2. The van der Waals surface area contributed by atoms with E-state index in [1.807, 2.05) is 24.3 Å². The number of carbonyl (C=O) groups excluding carboxylic acids is 2. The second-order valence-corrected chi connectivity index (χ2v) is 6.60. The predicted octanol–water partition coefficient (Wildman–Crippen LogP) is 3.35. The van der Waals surface area contributed by atoms with E-state index in [0.717, 1.165) is 10.2 Å². The Morgan fingerprint density at radius 1 is 1.24 bits per heavy atom. The largest absolute Gasteiger partial charge is 0.326 e. The Balaban J connectivity index is 1.71. The van der Waals surface area contributed by atoms with E-state index in [9.17, 15) is 19.7 Å². The van der Waals surface area contributed by atoms with E-state index in [1.165, 1.54) is 18.2 Å². The first-order valence-electron chi connectivity index (χ1n) is 7.55. The van der Waals surface area contributed by atoms with Crippen molar-refractivity contribution in [2.45, 2.75) is 6.42 Å². The highest BCUT2D eigenvalue weighted by molar-refractivity contribution is 9.10. The van der Waals surface area contributed by atoms with Gasteiger partial charge in [-0.05, 0) is 24.3 Å². The SMILES string of the molecule is O=C(Nc1cccc([N+](=O)[O-])c1)C1CC(=O)N(c2cccc(Br)c2)C1. The van der Waals surface area contributed by atoms with Crippen LogP contribution in [0.1, 0.15) is 6.42 Å². The molecule has 8 heteroatoms. The summed E-state index contributed by atoms with van der Waals surface area (Å²) in [5.41, 5.74) is 0.966. The fourth-order valence-corrected chi connectivity index (χ4v) is 3.11. The highest BCUT2D eigenvalue weighted by atomic mass is 79.9. The van der Waals surface area contributed by atoms with Crippen LogP contribution < -0.4 is 10.2 Å². The fourth-order valence-electron chi connectivity index (χ4n) is 2.72. The molecule has 1 unspecified atom stereocenters. The molecule has 0 radical (unpaired) electrons. The fraction of sp³-hybridized carbons (Fsp3) is 0.176. The number of rotatable bonds is 4. The molecular weight excluding hydrogens is 390 g/mol. The lowest BCUT2D eigenvalue weighted by molar-refractivity contribution is -0.384. The third kappa shape index (κ3) is 3.85. The van der Waals surface area contributed by atoms with Crippen molar-refractivity contribution in [2.75, 3.05) is 16.8 Å². The van der Waals surface area contributed by atoms with E-state index in [4.69, 9.17) is 0 Å². The molecule has 1 saturated heterocycles. The van der Waals surface area contributed by atoms with Crippen molar-refractivity contribution < 1.29 is 14.5 Å². The molecule has 1 aliphatic heterocycles. The standard InChI is InChI=1S/C17H14BrN3O4/c18-12-3-1-5-14(8-12)20-10-11(7-16(20)22)17(23)19-13-4-2-6-15(9-13)21(24)25/h1-6,8-9,11H,7,10H2,(H,19,23). The summed E-state index contributed by atoms with van der Waals surface area (Å²) in [6.07, 6.45) is 0.104. The molecule has 0 aliphatic carbocycles. The van der Waals surface area contributed by atoms with Gasteiger partial charge in [0.2, 0.25) is 11.8 Å². The number of carbonyl (C=O) groups is 2. The van der Waals surface area contributed by atoms with E-state index in [-0.39, 0.29) is 30.5 Å². The van der Waals surface area contributed by atoms with Crippen molar-refractivity contribution in [1.82, 2.24) is 0 Å². The molecule has 2 amide bonds. The zero-order valence-corrected chi connectivity index (χ0v) is 14.6. The Bertz CT molecular complexity index is 855. The van der Waals surface area contributed by atoms with Crippen molar-refractivity contribution in [3.05, 3.63) is 63.1 Å². The Hall–Kier alpha value is -2.74. The van der Waals surface area contributed by atoms with Crippen LogP contribution in [0.4, 0.5) is 17.1 Å². The van der Waals surface area contributed by atoms with Gasteiger partial charge in [-0.15, -0.1) is 0 Å². The van der Waals surface area contributed by atoms with E-state index in [2.05, 4.69) is 21.2 Å². The lowest BCUT2D eigenvalue weighted by Gasteiger charge is -2.17. The number of nitrogens with one attached hydrogen (secondary N) is 1. The summed E-state index contributed by atoms with van der Waals surface area (Å²) in [6.45, 7) is 0.274. The molecule has 1 heterocycles. The number of nitrogens with zero attached hydrogens (tertiary/aromatic N) is 2. The van der Waals surface area contributed by atoms with E-state index >= 15 is 0 Å². The van der Waals surface area contributed by atoms with Crippen molar-refractivity contribution in [3.63, 3.8) is 0 Å². The molecule has 2 aromatic rings. The summed E-state index contributed by atoms with van der Waals surface area (Å²) in [4.78, 5) is 36.5. The quantitative estimate of drug-likeness (QED) is 0.625. The normalized spacial score (nSPS) is 16.8. The third-order valence-electron chi connectivity index (χ3n) is 3.94. The minimum Gasteiger partial charge on any atom is -0.326 e. The smallest absolute Gasteiger partial charge is 0.271 e. The van der Waals surface area contributed by atoms with Gasteiger partial charge >= 0.3 is 0 Å². The zero-order chi connectivity index (χ0) is 18.0. The molecular formula is C17H14BrN3O4. The number of hydrogen-bond donors (Lipinski definition) is 1. The van der Waals surface area contributed by atoms with Crippen LogP contribution in [0.15, 0.2) is 53.0 Å². The van der Waals surface area contributed by atoms with Crippen LogP contribution >= 0.6 is 15.9 Å². The first-order valence-corrected chi connectivity index (χ1v) is 8.34. The molecule has 128 valence electrons. The summed E-state index contributed by atoms with van der Waals surface area (Å²) in [5, 5.41) is 13.5. The summed E-state index contributed by atoms with van der Waals surface area (Å²) < 4.78 is 0.849. The zero-order valence-electron chi connectivity index (χ0n) is 13.0. The number of halogens is 1. The van der Waals surface area contributed by atoms with Gasteiger partial charge in [-0.1, -0.05) is 28.1 Å². The molecule has 7 nitrogen and oxygen atoms in total. The summed E-state index contributed by atoms with van der Waals surface area (Å²) in [6, 6.07) is 13.0. The lowest BCUT2D eigenvalue weighted by atomic mass is 10.1. The van der Waals surface area contributed by atoms with Crippen molar-refractivity contribution in [2.24, 2.45) is 5.92 Å². The number of hydrogen-bond acceptors (Lipinski definition) is 4. The van der Waals surface area contributed by atoms with Gasteiger partial charge in [0.25, 0.3) is 5.69 Å². The molecule has 1 fully saturated rings. The van der Waals surface area contributed by atoms with Gasteiger partial charge in [0.05, 0.1) is 10.8 Å². The van der Waals surface area contributed by atoms with Crippen molar-refractivity contribution in [1.29, 1.82) is 0 Å². The average molecular weight is 404 g/mol. The predicted molar refractivity (Wildman–Crippen MR) is 96.3 cm³/mol. The van der Waals surface area contributed by atoms with Gasteiger partial charge < -0.3 is 10.2 Å². The summed E-state index contributed by atoms with van der Waals surface area (Å²) in [7, 11) is 0. The first kappa shape index (κ1) is 17.1. The maximum absolute atomic E-state index is 12.4. The maximum atomic E-state index is 12.4. The molecule has 0 saturated carbocycles. The monoisotopic (exact) mass is 403 g/mol. The van der Waals surface area contributed by atoms with E-state index in [0.29, 0.717) is 5.69 Å². The van der Waals surface area contributed by atoms with Gasteiger partial charge in [-0.2, -0.15) is 0 Å². The molecule has 25 heavy (non-hydrogen) atoms. The Morgan fingerprint density at radius 3 is 2.72 bits per heavy atom. The molecule has 1 N–H and O–H groups in total. The third-order valence-corrected chi connectivity index (χ3v) is 4.43. The van der Waals surface area contributed by atoms with Gasteiger partial charge in [0.1, 0.15) is 0 Å². The van der Waals surface area contributed by atoms with Crippen molar-refractivity contribution in [3.8, 4) is 0 Å². The minimum atomic E-state index is -0.524. The second-order valence-electron chi connectivity index (χ2n) is 5.68. The number of nitro benzene ring substituents is 1. The first-order chi connectivity index (χ1) is 11.9. The Labute approximate surface area is 151 Å². The van der Waals surface area contributed by atoms with Gasteiger partial charge in [0, 0.05) is 40.9 Å². The number of nitro groups is 1. The summed E-state index contributed by atoms with van der Waals surface area (Å²) >= 11 is 3.36. The highest BCUT2D eigenvalue weighted by Gasteiger charge is 2.35. The maximum Gasteiger partial charge on any atom is 0.271 e. The minimum absolute atomic E-state index is 0.101. The molecule has 2 aromatic carbocycles. The Kier molecular flexibility index (Phi) is 4.80. The van der Waals surface area contributed by atoms with E-state index in [1.54, 1.807) is 11.0 Å². The number of amides is 2. The van der Waals surface area contributed by atoms with Crippen LogP contribution in [0, 0.1) is 16.0 Å². The second kappa shape index (κ2) is 7.02. The van der Waals surface area contributed by atoms with Crippen LogP contribution in [-0.4, -0.2) is 23.3 Å². The van der Waals surface area contributed by atoms with Crippen LogP contribution in [0.5, 0.6) is 0 Å². The number of benzene rings is 2. The van der Waals surface area contributed by atoms with Gasteiger partial charge in [-0.25, -0.2) is 0 Å². The van der Waals surface area contributed by atoms with Crippen LogP contribution in [-0.2, 0) is 9.59 Å². The summed E-state index contributed by atoms with van der Waals surface area (Å²) in [5.74, 6) is -0.964. The molecule has 3 rings (SSSR count). The molecule has 0 bridgehead atoms. The lowest BCUT2D eigenvalue weighted by Crippen LogP contribution is -2.28. The molecule has 1 atom stereocenters. The molecule has 0 spiro atoms. The molecule has 0 aromatic heterocycles. The van der Waals surface area contributed by atoms with E-state index < -0.39 is 10.8 Å². The number of non-ortho nitro benzene ring substituents is 1. The highest BCUT2D eigenvalue weighted by Crippen LogP contribution is 2.28. The average Bonchev–Trinajstić information content (AvgIpc) is 2.97. The van der Waals surface area contributed by atoms with Crippen LogP contribution in [0.3, 0.4) is 0 Å². The Morgan fingerprint density at radius 2 is 2.00 bits per heavy atom. The van der Waals surface area contributed by atoms with Gasteiger partial charge in [-0.3, -0.25) is 19.7 Å². The van der Waals surface area contributed by atoms with Crippen LogP contribution in [0.2, 0.25) is 0 Å². The van der Waals surface area contributed by atoms with Crippen molar-refractivity contribution >= 4 is 44.8 Å². The topological polar surface area (TPSA) is 92.5 Å². The molecule has 1 aliphatic rings.